The Kier molecular flexibility index (Phi) is 4.03. The molecule has 0 spiro atoms. The third-order valence-corrected chi connectivity index (χ3v) is 5.12. The van der Waals surface area contributed by atoms with E-state index in [-0.39, 0.29) is 10.2 Å². The summed E-state index contributed by atoms with van der Waals surface area (Å²) in [6.07, 6.45) is 1.14. The maximum atomic E-state index is 14.2. The first-order valence-corrected chi connectivity index (χ1v) is 8.11. The number of aliphatic carboxylic acids is 1. The maximum absolute atomic E-state index is 14.2. The monoisotopic (exact) mass is 367 g/mol. The molecular weight excluding hydrogens is 353 g/mol. The van der Waals surface area contributed by atoms with E-state index in [9.17, 15) is 23.9 Å². The Morgan fingerprint density at radius 1 is 1.24 bits per heavy atom. The van der Waals surface area contributed by atoms with Gasteiger partial charge in [0.15, 0.2) is 6.30 Å². The number of aromatic nitrogens is 5. The molecule has 3 aromatic heterocycles. The van der Waals surface area contributed by atoms with Crippen LogP contribution < -0.4 is 11.2 Å². The minimum atomic E-state index is -1.75. The molecule has 0 amide bonds. The molecule has 0 saturated carbocycles. The van der Waals surface area contributed by atoms with Gasteiger partial charge in [0.25, 0.3) is 5.56 Å². The van der Waals surface area contributed by atoms with Crippen LogP contribution in [0, 0.1) is 6.92 Å². The summed E-state index contributed by atoms with van der Waals surface area (Å²) in [6, 6.07) is -1.43. The topological polar surface area (TPSA) is 112 Å². The van der Waals surface area contributed by atoms with Crippen molar-refractivity contribution in [2.45, 2.75) is 33.1 Å². The van der Waals surface area contributed by atoms with E-state index < -0.39 is 29.6 Å². The van der Waals surface area contributed by atoms with Gasteiger partial charge in [-0.1, -0.05) is 11.3 Å². The van der Waals surface area contributed by atoms with Crippen molar-refractivity contribution in [3.63, 3.8) is 0 Å². The van der Waals surface area contributed by atoms with Crippen molar-refractivity contribution >= 4 is 27.5 Å². The van der Waals surface area contributed by atoms with Crippen molar-refractivity contribution in [1.82, 2.24) is 24.1 Å². The van der Waals surface area contributed by atoms with Gasteiger partial charge in [-0.2, -0.15) is 10.2 Å². The van der Waals surface area contributed by atoms with Crippen LogP contribution in [0.4, 0.5) is 4.39 Å². The summed E-state index contributed by atoms with van der Waals surface area (Å²) in [6.45, 7) is 3.95. The molecule has 3 rings (SSSR count). The fourth-order valence-electron chi connectivity index (χ4n) is 2.60. The van der Waals surface area contributed by atoms with Crippen LogP contribution in [0.3, 0.4) is 0 Å². The first kappa shape index (κ1) is 17.0. The Bertz CT molecular complexity index is 1080. The van der Waals surface area contributed by atoms with Crippen LogP contribution in [0.2, 0.25) is 0 Å². The van der Waals surface area contributed by atoms with Crippen LogP contribution in [0.15, 0.2) is 22.0 Å². The summed E-state index contributed by atoms with van der Waals surface area (Å²) < 4.78 is 15.5. The van der Waals surface area contributed by atoms with Gasteiger partial charge in [0.05, 0.1) is 17.8 Å². The van der Waals surface area contributed by atoms with E-state index in [0.29, 0.717) is 15.1 Å². The fourth-order valence-corrected chi connectivity index (χ4v) is 3.87. The molecule has 1 N–H and O–H groups in total. The molecule has 2 atom stereocenters. The summed E-state index contributed by atoms with van der Waals surface area (Å²) in [4.78, 5) is 38.0. The van der Waals surface area contributed by atoms with E-state index in [1.807, 2.05) is 0 Å². The Labute approximate surface area is 143 Å². The smallest absolute Gasteiger partial charge is 0.335 e. The number of carboxylic acids is 1. The Balaban J connectivity index is 2.50. The third kappa shape index (κ3) is 2.47. The molecule has 0 bridgehead atoms. The minimum absolute atomic E-state index is 0.0782. The molecule has 132 valence electrons. The lowest BCUT2D eigenvalue weighted by atomic mass is 10.2. The molecule has 0 radical (unpaired) electrons. The predicted molar refractivity (Wildman–Crippen MR) is 88.2 cm³/mol. The first-order valence-electron chi connectivity index (χ1n) is 7.29. The summed E-state index contributed by atoms with van der Waals surface area (Å²) in [7, 11) is 0. The van der Waals surface area contributed by atoms with Gasteiger partial charge in [0.1, 0.15) is 15.9 Å². The molecule has 3 aromatic rings. The van der Waals surface area contributed by atoms with Gasteiger partial charge in [-0.05, 0) is 20.8 Å². The van der Waals surface area contributed by atoms with Gasteiger partial charge in [0, 0.05) is 5.56 Å². The molecule has 0 aromatic carbocycles. The number of hydrogen-bond donors (Lipinski definition) is 1. The molecule has 0 aliphatic heterocycles. The first-order chi connectivity index (χ1) is 11.8. The lowest BCUT2D eigenvalue weighted by Crippen LogP contribution is -2.43. The zero-order valence-electron chi connectivity index (χ0n) is 13.5. The second-order valence-electron chi connectivity index (χ2n) is 5.45. The maximum Gasteiger partial charge on any atom is 0.335 e. The summed E-state index contributed by atoms with van der Waals surface area (Å²) in [5, 5.41) is 17.7. The Morgan fingerprint density at radius 3 is 2.36 bits per heavy atom. The van der Waals surface area contributed by atoms with Crippen LogP contribution >= 0.6 is 11.3 Å². The van der Waals surface area contributed by atoms with Crippen molar-refractivity contribution in [3.05, 3.63) is 38.8 Å². The molecule has 0 aliphatic rings. The van der Waals surface area contributed by atoms with Crippen LogP contribution in [0.25, 0.3) is 15.2 Å². The number of carbonyl (C=O) groups is 1. The zero-order valence-corrected chi connectivity index (χ0v) is 14.3. The lowest BCUT2D eigenvalue weighted by Gasteiger charge is -2.15. The average Bonchev–Trinajstić information content (AvgIpc) is 3.14. The number of aryl methyl sites for hydroxylation is 1. The molecule has 0 aliphatic carbocycles. The molecule has 0 fully saturated rings. The molecular formula is C14H14FN5O4S. The number of nitrogens with zero attached hydrogens (tertiary/aromatic N) is 5. The summed E-state index contributed by atoms with van der Waals surface area (Å²) >= 11 is 0.994. The number of halogens is 1. The molecule has 25 heavy (non-hydrogen) atoms. The number of alkyl halides is 1. The van der Waals surface area contributed by atoms with E-state index in [1.165, 1.54) is 24.1 Å². The van der Waals surface area contributed by atoms with E-state index in [1.54, 1.807) is 6.92 Å². The van der Waals surface area contributed by atoms with Crippen LogP contribution in [-0.2, 0) is 4.79 Å². The number of carboxylic acid groups (broad SMARTS) is 1. The highest BCUT2D eigenvalue weighted by molar-refractivity contribution is 7.21. The molecule has 9 nitrogen and oxygen atoms in total. The highest BCUT2D eigenvalue weighted by atomic mass is 32.1. The van der Waals surface area contributed by atoms with Crippen LogP contribution in [-0.4, -0.2) is 35.2 Å². The highest BCUT2D eigenvalue weighted by Gasteiger charge is 2.27. The number of hydrogen-bond acceptors (Lipinski definition) is 6. The minimum Gasteiger partial charge on any atom is -0.480 e. The third-order valence-electron chi connectivity index (χ3n) is 3.87. The van der Waals surface area contributed by atoms with Gasteiger partial charge in [0.2, 0.25) is 0 Å². The zero-order chi connectivity index (χ0) is 18.5. The SMILES string of the molecule is Cc1c(-n2nccn2)sc2c1c(=O)n(C(C)C(=O)O)c(=O)n2C(C)F. The predicted octanol–water partition coefficient (Wildman–Crippen LogP) is 1.25. The highest BCUT2D eigenvalue weighted by Crippen LogP contribution is 2.31. The number of fused-ring (bicyclic) bond motifs is 1. The molecule has 0 saturated heterocycles. The van der Waals surface area contributed by atoms with Gasteiger partial charge >= 0.3 is 11.7 Å². The van der Waals surface area contributed by atoms with Crippen LogP contribution in [0.5, 0.6) is 0 Å². The standard InChI is InChI=1S/C14H14FN5O4S/c1-6-9-10(21)18(7(2)13(22)23)14(24)19(8(3)15)12(9)25-11(6)20-16-4-5-17-20/h4-5,7-8H,1-3H3,(H,22,23). The summed E-state index contributed by atoms with van der Waals surface area (Å²) in [5.41, 5.74) is -1.34. The van der Waals surface area contributed by atoms with Gasteiger partial charge in [-0.3, -0.25) is 9.36 Å². The quantitative estimate of drug-likeness (QED) is 0.743. The van der Waals surface area contributed by atoms with E-state index in [0.717, 1.165) is 22.8 Å². The summed E-state index contributed by atoms with van der Waals surface area (Å²) in [5.74, 6) is -1.36. The van der Waals surface area contributed by atoms with E-state index in [2.05, 4.69) is 10.2 Å². The average molecular weight is 367 g/mol. The van der Waals surface area contributed by atoms with Crippen molar-refractivity contribution in [2.75, 3.05) is 0 Å². The van der Waals surface area contributed by atoms with Crippen molar-refractivity contribution in [1.29, 1.82) is 0 Å². The van der Waals surface area contributed by atoms with Gasteiger partial charge < -0.3 is 5.11 Å². The molecule has 2 unspecified atom stereocenters. The largest absolute Gasteiger partial charge is 0.480 e. The van der Waals surface area contributed by atoms with Crippen molar-refractivity contribution < 1.29 is 14.3 Å². The number of rotatable bonds is 4. The molecule has 11 heteroatoms. The van der Waals surface area contributed by atoms with Gasteiger partial charge in [-0.25, -0.2) is 18.5 Å². The Hall–Kier alpha value is -2.82. The fraction of sp³-hybridized carbons (Fsp3) is 0.357. The van der Waals surface area contributed by atoms with Gasteiger partial charge in [-0.15, -0.1) is 4.80 Å². The molecule has 3 heterocycles. The van der Waals surface area contributed by atoms with E-state index in [4.69, 9.17) is 0 Å². The Morgan fingerprint density at radius 2 is 1.84 bits per heavy atom. The van der Waals surface area contributed by atoms with E-state index >= 15 is 0 Å². The second-order valence-corrected chi connectivity index (χ2v) is 6.42. The van der Waals surface area contributed by atoms with Crippen LogP contribution in [0.1, 0.15) is 31.7 Å². The number of thiophene rings is 1. The second kappa shape index (κ2) is 5.92. The van der Waals surface area contributed by atoms with Crippen molar-refractivity contribution in [3.8, 4) is 5.00 Å². The lowest BCUT2D eigenvalue weighted by molar-refractivity contribution is -0.140. The normalized spacial score (nSPS) is 13.9. The van der Waals surface area contributed by atoms with Crippen molar-refractivity contribution in [2.24, 2.45) is 0 Å².